The van der Waals surface area contributed by atoms with Crippen molar-refractivity contribution in [1.82, 2.24) is 14.6 Å². The number of rotatable bonds is 9. The van der Waals surface area contributed by atoms with E-state index in [-0.39, 0.29) is 16.7 Å². The summed E-state index contributed by atoms with van der Waals surface area (Å²) in [6.45, 7) is 9.27. The van der Waals surface area contributed by atoms with Gasteiger partial charge in [-0.2, -0.15) is 0 Å². The predicted octanol–water partition coefficient (Wildman–Crippen LogP) is 3.65. The lowest BCUT2D eigenvalue weighted by molar-refractivity contribution is -0.134. The summed E-state index contributed by atoms with van der Waals surface area (Å²) in [6.07, 6.45) is 4.81. The molecule has 2 aliphatic rings. The van der Waals surface area contributed by atoms with E-state index in [0.29, 0.717) is 17.2 Å². The average Bonchev–Trinajstić information content (AvgIpc) is 3.53. The third-order valence-electron chi connectivity index (χ3n) is 6.54. The summed E-state index contributed by atoms with van der Waals surface area (Å²) in [5, 5.41) is 10.9. The highest BCUT2D eigenvalue weighted by molar-refractivity contribution is 7.89. The average molecular weight is 567 g/mol. The molecule has 1 aromatic heterocycles. The van der Waals surface area contributed by atoms with Gasteiger partial charge in [-0.05, 0) is 56.8 Å². The van der Waals surface area contributed by atoms with Crippen LogP contribution in [0.4, 0.5) is 5.13 Å². The van der Waals surface area contributed by atoms with Crippen LogP contribution >= 0.6 is 11.3 Å². The van der Waals surface area contributed by atoms with Crippen LogP contribution in [0.25, 0.3) is 10.4 Å². The van der Waals surface area contributed by atoms with E-state index in [1.807, 2.05) is 19.1 Å². The Hall–Kier alpha value is -2.38. The maximum atomic E-state index is 13.1. The molecule has 0 radical (unpaired) electrons. The number of carbonyl (C=O) groups excluding carboxylic acids is 1. The second-order valence-electron chi connectivity index (χ2n) is 9.61. The molecule has 1 saturated carbocycles. The number of morpholine rings is 1. The van der Waals surface area contributed by atoms with Crippen molar-refractivity contribution in [1.29, 1.82) is 0 Å². The van der Waals surface area contributed by atoms with E-state index in [4.69, 9.17) is 14.6 Å². The summed E-state index contributed by atoms with van der Waals surface area (Å²) in [6, 6.07) is 5.45. The molecule has 0 unspecified atom stereocenters. The second kappa shape index (κ2) is 14.1. The zero-order chi connectivity index (χ0) is 27.7. The van der Waals surface area contributed by atoms with Gasteiger partial charge in [0.2, 0.25) is 15.9 Å². The maximum Gasteiger partial charge on any atom is 0.300 e. The van der Waals surface area contributed by atoms with Gasteiger partial charge in [0.15, 0.2) is 5.13 Å². The van der Waals surface area contributed by atoms with Crippen molar-refractivity contribution in [3.63, 3.8) is 0 Å². The highest BCUT2D eigenvalue weighted by Gasteiger charge is 2.24. The van der Waals surface area contributed by atoms with E-state index in [2.05, 4.69) is 19.9 Å². The first kappa shape index (κ1) is 30.2. The number of amides is 1. The molecule has 1 aromatic carbocycles. The Morgan fingerprint density at radius 3 is 2.50 bits per heavy atom. The van der Waals surface area contributed by atoms with Gasteiger partial charge in [0.05, 0.1) is 28.7 Å². The normalized spacial score (nSPS) is 16.6. The zero-order valence-electron chi connectivity index (χ0n) is 22.3. The van der Waals surface area contributed by atoms with Crippen molar-refractivity contribution in [2.45, 2.75) is 57.8 Å². The number of nitrogens with one attached hydrogen (secondary N) is 2. The number of nitrogens with zero attached hydrogens (tertiary/aromatic N) is 2. The van der Waals surface area contributed by atoms with Crippen molar-refractivity contribution >= 4 is 38.4 Å². The minimum Gasteiger partial charge on any atom is -0.481 e. The number of ether oxygens (including phenoxy) is 1. The standard InChI is InChI=1S/C24H34N4O4S2.C2H4O2/c1-17-8-9-20(22-18(2)26-24(33-22)27-23(29)19-6-3-4-7-19)16-21(17)34(30,31)25-10-5-11-28-12-14-32-15-13-28;1-2(3)4/h8-9,16,19,25H,3-7,10-15H2,1-2H3,(H,26,27,29);1H3,(H,3,4). The number of hydrogen-bond acceptors (Lipinski definition) is 8. The van der Waals surface area contributed by atoms with Crippen LogP contribution in [-0.2, 0) is 24.3 Å². The number of carbonyl (C=O) groups is 2. The van der Waals surface area contributed by atoms with Gasteiger partial charge in [-0.25, -0.2) is 18.1 Å². The zero-order valence-corrected chi connectivity index (χ0v) is 23.9. The third kappa shape index (κ3) is 8.84. The number of anilines is 1. The molecule has 1 amide bonds. The second-order valence-corrected chi connectivity index (χ2v) is 12.3. The van der Waals surface area contributed by atoms with Gasteiger partial charge in [-0.15, -0.1) is 0 Å². The van der Waals surface area contributed by atoms with Crippen LogP contribution in [0.15, 0.2) is 23.1 Å². The van der Waals surface area contributed by atoms with Crippen LogP contribution in [0, 0.1) is 19.8 Å². The molecule has 0 bridgehead atoms. The quantitative estimate of drug-likeness (QED) is 0.391. The fourth-order valence-corrected chi connectivity index (χ4v) is 6.86. The minimum atomic E-state index is -3.64. The number of aliphatic carboxylic acids is 1. The molecule has 2 aromatic rings. The molecule has 0 spiro atoms. The third-order valence-corrected chi connectivity index (χ3v) is 9.26. The van der Waals surface area contributed by atoms with Crippen LogP contribution in [-0.4, -0.2) is 74.7 Å². The van der Waals surface area contributed by atoms with Crippen molar-refractivity contribution in [3.05, 3.63) is 29.5 Å². The molecule has 3 N–H and O–H groups in total. The summed E-state index contributed by atoms with van der Waals surface area (Å²) < 4.78 is 34.2. The van der Waals surface area contributed by atoms with Gasteiger partial charge in [0, 0.05) is 32.5 Å². The summed E-state index contributed by atoms with van der Waals surface area (Å²) in [4.78, 5) is 29.4. The van der Waals surface area contributed by atoms with Crippen molar-refractivity contribution in [2.24, 2.45) is 5.92 Å². The van der Waals surface area contributed by atoms with Gasteiger partial charge in [-0.1, -0.05) is 36.3 Å². The molecule has 1 saturated heterocycles. The van der Waals surface area contributed by atoms with Crippen molar-refractivity contribution in [3.8, 4) is 10.4 Å². The van der Waals surface area contributed by atoms with E-state index in [0.717, 1.165) is 88.0 Å². The smallest absolute Gasteiger partial charge is 0.300 e. The molecule has 12 heteroatoms. The molecule has 38 heavy (non-hydrogen) atoms. The molecule has 210 valence electrons. The number of aryl methyl sites for hydroxylation is 2. The molecule has 1 aliphatic heterocycles. The highest BCUT2D eigenvalue weighted by atomic mass is 32.2. The number of carboxylic acid groups (broad SMARTS) is 1. The lowest BCUT2D eigenvalue weighted by Gasteiger charge is -2.26. The maximum absolute atomic E-state index is 13.1. The number of thiazole rings is 1. The Morgan fingerprint density at radius 1 is 1.18 bits per heavy atom. The SMILES string of the molecule is CC(=O)O.Cc1ccc(-c2sc(NC(=O)C3CCCC3)nc2C)cc1S(=O)(=O)NCCCN1CCOCC1. The van der Waals surface area contributed by atoms with Crippen LogP contribution in [0.2, 0.25) is 0 Å². The van der Waals surface area contributed by atoms with Gasteiger partial charge >= 0.3 is 0 Å². The summed E-state index contributed by atoms with van der Waals surface area (Å²) in [5.41, 5.74) is 2.26. The minimum absolute atomic E-state index is 0.0336. The van der Waals surface area contributed by atoms with Crippen LogP contribution in [0.5, 0.6) is 0 Å². The van der Waals surface area contributed by atoms with Crippen LogP contribution in [0.3, 0.4) is 0 Å². The van der Waals surface area contributed by atoms with Crippen molar-refractivity contribution < 1.29 is 27.9 Å². The lowest BCUT2D eigenvalue weighted by atomic mass is 10.1. The Morgan fingerprint density at radius 2 is 1.84 bits per heavy atom. The van der Waals surface area contributed by atoms with E-state index in [1.54, 1.807) is 13.0 Å². The summed E-state index contributed by atoms with van der Waals surface area (Å²) in [5.74, 6) is -0.732. The number of hydrogen-bond donors (Lipinski definition) is 3. The molecule has 0 atom stereocenters. The Bertz CT molecular complexity index is 1200. The van der Waals surface area contributed by atoms with Gasteiger partial charge in [0.1, 0.15) is 0 Å². The largest absolute Gasteiger partial charge is 0.481 e. The Labute approximate surface area is 228 Å². The van der Waals surface area contributed by atoms with E-state index >= 15 is 0 Å². The van der Waals surface area contributed by atoms with Gasteiger partial charge in [0.25, 0.3) is 5.97 Å². The van der Waals surface area contributed by atoms with E-state index in [9.17, 15) is 13.2 Å². The van der Waals surface area contributed by atoms with Crippen LogP contribution in [0.1, 0.15) is 50.3 Å². The highest BCUT2D eigenvalue weighted by Crippen LogP contribution is 2.35. The number of benzene rings is 1. The van der Waals surface area contributed by atoms with E-state index < -0.39 is 16.0 Å². The molecule has 4 rings (SSSR count). The first-order valence-corrected chi connectivity index (χ1v) is 15.3. The molecule has 2 heterocycles. The fraction of sp³-hybridized carbons (Fsp3) is 0.577. The molecule has 10 nitrogen and oxygen atoms in total. The molecule has 1 aliphatic carbocycles. The van der Waals surface area contributed by atoms with Gasteiger partial charge in [-0.3, -0.25) is 14.5 Å². The topological polar surface area (TPSA) is 138 Å². The number of sulfonamides is 1. The molecule has 2 fully saturated rings. The van der Waals surface area contributed by atoms with E-state index in [1.165, 1.54) is 11.3 Å². The Kier molecular flexibility index (Phi) is 11.2. The summed E-state index contributed by atoms with van der Waals surface area (Å²) >= 11 is 1.39. The summed E-state index contributed by atoms with van der Waals surface area (Å²) in [7, 11) is -3.64. The predicted molar refractivity (Wildman–Crippen MR) is 148 cm³/mol. The number of carboxylic acids is 1. The van der Waals surface area contributed by atoms with Crippen molar-refractivity contribution in [2.75, 3.05) is 44.7 Å². The van der Waals surface area contributed by atoms with Crippen LogP contribution < -0.4 is 10.0 Å². The fourth-order valence-electron chi connectivity index (χ4n) is 4.56. The first-order chi connectivity index (χ1) is 18.1. The Balaban J connectivity index is 0.000000934. The molecular weight excluding hydrogens is 528 g/mol. The molecular formula is C26H38N4O6S2. The lowest BCUT2D eigenvalue weighted by Crippen LogP contribution is -2.38. The van der Waals surface area contributed by atoms with Gasteiger partial charge < -0.3 is 15.2 Å². The number of aromatic nitrogens is 1. The first-order valence-electron chi connectivity index (χ1n) is 13.0. The monoisotopic (exact) mass is 566 g/mol.